The van der Waals surface area contributed by atoms with Crippen LogP contribution < -0.4 is 0 Å². The van der Waals surface area contributed by atoms with Gasteiger partial charge >= 0.3 is 5.97 Å². The summed E-state index contributed by atoms with van der Waals surface area (Å²) >= 11 is 0. The van der Waals surface area contributed by atoms with E-state index in [0.29, 0.717) is 5.56 Å². The second-order valence-corrected chi connectivity index (χ2v) is 3.09. The molecule has 15 heavy (non-hydrogen) atoms. The minimum atomic E-state index is -0.388. The van der Waals surface area contributed by atoms with E-state index in [-0.39, 0.29) is 12.5 Å². The van der Waals surface area contributed by atoms with Gasteiger partial charge in [-0.05, 0) is 30.2 Å². The van der Waals surface area contributed by atoms with Gasteiger partial charge in [0, 0.05) is 4.91 Å². The van der Waals surface area contributed by atoms with Gasteiger partial charge in [-0.25, -0.2) is 4.79 Å². The molecule has 1 aromatic carbocycles. The van der Waals surface area contributed by atoms with Gasteiger partial charge in [-0.15, -0.1) is 0 Å². The molecule has 0 amide bonds. The molecule has 0 N–H and O–H groups in total. The summed E-state index contributed by atoms with van der Waals surface area (Å²) in [5.41, 5.74) is 10.4. The number of nitrogens with zero attached hydrogens (tertiary/aromatic N) is 3. The molecule has 1 rings (SSSR count). The normalized spacial score (nSPS) is 9.20. The van der Waals surface area contributed by atoms with Crippen LogP contribution in [0.5, 0.6) is 0 Å². The number of aryl methyl sites for hydroxylation is 1. The van der Waals surface area contributed by atoms with Gasteiger partial charge in [0.25, 0.3) is 0 Å². The molecule has 5 nitrogen and oxygen atoms in total. The molecule has 5 heteroatoms. The van der Waals surface area contributed by atoms with Gasteiger partial charge in [-0.1, -0.05) is 16.7 Å². The maximum Gasteiger partial charge on any atom is 0.337 e. The number of azide groups is 1. The van der Waals surface area contributed by atoms with Crippen molar-refractivity contribution in [1.82, 2.24) is 0 Å². The number of ether oxygens (including phenoxy) is 1. The van der Waals surface area contributed by atoms with Crippen LogP contribution in [0.2, 0.25) is 0 Å². The molecule has 78 valence electrons. The molecule has 0 heterocycles. The van der Waals surface area contributed by atoms with Crippen LogP contribution in [0.3, 0.4) is 0 Å². The first-order valence-corrected chi connectivity index (χ1v) is 4.37. The largest absolute Gasteiger partial charge is 0.465 e. The zero-order valence-corrected chi connectivity index (χ0v) is 8.60. The number of hydrogen-bond donors (Lipinski definition) is 0. The Morgan fingerprint density at radius 1 is 1.53 bits per heavy atom. The average molecular weight is 205 g/mol. The van der Waals surface area contributed by atoms with Crippen molar-refractivity contribution in [3.8, 4) is 0 Å². The highest BCUT2D eigenvalue weighted by Crippen LogP contribution is 2.11. The van der Waals surface area contributed by atoms with E-state index in [2.05, 4.69) is 14.8 Å². The van der Waals surface area contributed by atoms with Crippen molar-refractivity contribution in [3.05, 3.63) is 45.3 Å². The third kappa shape index (κ3) is 3.00. The van der Waals surface area contributed by atoms with Gasteiger partial charge in [-0.2, -0.15) is 0 Å². The van der Waals surface area contributed by atoms with Gasteiger partial charge < -0.3 is 4.74 Å². The minimum Gasteiger partial charge on any atom is -0.465 e. The molecule has 0 saturated heterocycles. The number of methoxy groups -OCH3 is 1. The molecule has 0 atom stereocenters. The van der Waals surface area contributed by atoms with Gasteiger partial charge in [-0.3, -0.25) is 0 Å². The first-order valence-electron chi connectivity index (χ1n) is 4.37. The fraction of sp³-hybridized carbons (Fsp3) is 0.300. The molecular formula is C10H11N3O2. The summed E-state index contributed by atoms with van der Waals surface area (Å²) in [7, 11) is 1.33. The Bertz CT molecular complexity index is 423. The SMILES string of the molecule is COC(=O)c1cc(C)cc(CN=[N+]=[N-])c1. The fourth-order valence-electron chi connectivity index (χ4n) is 1.30. The summed E-state index contributed by atoms with van der Waals surface area (Å²) < 4.78 is 4.61. The third-order valence-corrected chi connectivity index (χ3v) is 1.87. The standard InChI is InChI=1S/C10H11N3O2/c1-7-3-8(6-12-13-11)5-9(4-7)10(14)15-2/h3-5H,6H2,1-2H3. The van der Waals surface area contributed by atoms with Crippen molar-refractivity contribution < 1.29 is 9.53 Å². The van der Waals surface area contributed by atoms with Crippen LogP contribution in [0.15, 0.2) is 23.3 Å². The molecule has 0 unspecified atom stereocenters. The van der Waals surface area contributed by atoms with Crippen molar-refractivity contribution in [3.63, 3.8) is 0 Å². The van der Waals surface area contributed by atoms with Gasteiger partial charge in [0.15, 0.2) is 0 Å². The van der Waals surface area contributed by atoms with E-state index < -0.39 is 0 Å². The second kappa shape index (κ2) is 5.02. The number of benzene rings is 1. The minimum absolute atomic E-state index is 0.238. The lowest BCUT2D eigenvalue weighted by molar-refractivity contribution is 0.0600. The van der Waals surface area contributed by atoms with Crippen molar-refractivity contribution in [2.75, 3.05) is 7.11 Å². The Labute approximate surface area is 87.3 Å². The monoisotopic (exact) mass is 205 g/mol. The summed E-state index contributed by atoms with van der Waals surface area (Å²) in [6.45, 7) is 2.11. The van der Waals surface area contributed by atoms with Gasteiger partial charge in [0.2, 0.25) is 0 Å². The molecule has 0 aliphatic heterocycles. The Morgan fingerprint density at radius 2 is 2.27 bits per heavy atom. The molecule has 0 spiro atoms. The van der Waals surface area contributed by atoms with E-state index in [1.165, 1.54) is 7.11 Å². The highest BCUT2D eigenvalue weighted by molar-refractivity contribution is 5.89. The Balaban J connectivity index is 3.04. The molecule has 0 aliphatic rings. The molecule has 0 fully saturated rings. The molecule has 0 aliphatic carbocycles. The number of carbonyl (C=O) groups is 1. The van der Waals surface area contributed by atoms with E-state index in [1.54, 1.807) is 12.1 Å². The maximum atomic E-state index is 11.3. The third-order valence-electron chi connectivity index (χ3n) is 1.87. The first-order chi connectivity index (χ1) is 7.17. The first kappa shape index (κ1) is 11.1. The van der Waals surface area contributed by atoms with E-state index in [4.69, 9.17) is 5.53 Å². The highest BCUT2D eigenvalue weighted by atomic mass is 16.5. The molecule has 0 bridgehead atoms. The van der Waals surface area contributed by atoms with Crippen LogP contribution in [0.25, 0.3) is 10.4 Å². The molecular weight excluding hydrogens is 194 g/mol. The van der Waals surface area contributed by atoms with E-state index in [0.717, 1.165) is 11.1 Å². The van der Waals surface area contributed by atoms with Gasteiger partial charge in [0.05, 0.1) is 19.2 Å². The fourth-order valence-corrected chi connectivity index (χ4v) is 1.30. The summed E-state index contributed by atoms with van der Waals surface area (Å²) in [6, 6.07) is 5.25. The van der Waals surface area contributed by atoms with Crippen LogP contribution >= 0.6 is 0 Å². The molecule has 1 aromatic rings. The molecule has 0 aromatic heterocycles. The Hall–Kier alpha value is -2.00. The number of rotatable bonds is 3. The van der Waals surface area contributed by atoms with Crippen molar-refractivity contribution in [2.24, 2.45) is 5.11 Å². The van der Waals surface area contributed by atoms with Crippen LogP contribution in [-0.2, 0) is 11.3 Å². The van der Waals surface area contributed by atoms with Crippen molar-refractivity contribution >= 4 is 5.97 Å². The van der Waals surface area contributed by atoms with Crippen LogP contribution in [-0.4, -0.2) is 13.1 Å². The lowest BCUT2D eigenvalue weighted by Crippen LogP contribution is -2.02. The Morgan fingerprint density at radius 3 is 2.87 bits per heavy atom. The van der Waals surface area contributed by atoms with E-state index in [1.807, 2.05) is 13.0 Å². The zero-order valence-electron chi connectivity index (χ0n) is 8.60. The smallest absolute Gasteiger partial charge is 0.337 e. The van der Waals surface area contributed by atoms with Crippen LogP contribution in [0, 0.1) is 6.92 Å². The van der Waals surface area contributed by atoms with E-state index >= 15 is 0 Å². The lowest BCUT2D eigenvalue weighted by Gasteiger charge is -2.03. The summed E-state index contributed by atoms with van der Waals surface area (Å²) in [5, 5.41) is 3.44. The average Bonchev–Trinajstić information content (AvgIpc) is 2.24. The zero-order chi connectivity index (χ0) is 11.3. The summed E-state index contributed by atoms with van der Waals surface area (Å²) in [5.74, 6) is -0.388. The number of hydrogen-bond acceptors (Lipinski definition) is 3. The van der Waals surface area contributed by atoms with E-state index in [9.17, 15) is 4.79 Å². The van der Waals surface area contributed by atoms with Crippen molar-refractivity contribution in [1.29, 1.82) is 0 Å². The summed E-state index contributed by atoms with van der Waals surface area (Å²) in [4.78, 5) is 13.9. The number of carbonyl (C=O) groups excluding carboxylic acids is 1. The van der Waals surface area contributed by atoms with Crippen molar-refractivity contribution in [2.45, 2.75) is 13.5 Å². The predicted octanol–water partition coefficient (Wildman–Crippen LogP) is 2.59. The van der Waals surface area contributed by atoms with Crippen LogP contribution in [0.1, 0.15) is 21.5 Å². The second-order valence-electron chi connectivity index (χ2n) is 3.09. The summed E-state index contributed by atoms with van der Waals surface area (Å²) in [6.07, 6.45) is 0. The topological polar surface area (TPSA) is 75.1 Å². The van der Waals surface area contributed by atoms with Crippen LogP contribution in [0.4, 0.5) is 0 Å². The maximum absolute atomic E-state index is 11.3. The quantitative estimate of drug-likeness (QED) is 0.329. The molecule has 0 saturated carbocycles. The lowest BCUT2D eigenvalue weighted by atomic mass is 10.1. The predicted molar refractivity (Wildman–Crippen MR) is 55.4 cm³/mol. The van der Waals surface area contributed by atoms with Gasteiger partial charge in [0.1, 0.15) is 0 Å². The highest BCUT2D eigenvalue weighted by Gasteiger charge is 2.06. The molecule has 0 radical (unpaired) electrons. The Kier molecular flexibility index (Phi) is 3.71. The number of esters is 1.